The molecule has 0 saturated carbocycles. The van der Waals surface area contributed by atoms with Gasteiger partial charge in [-0.15, -0.1) is 0 Å². The normalized spacial score (nSPS) is 10.1. The molecule has 0 fully saturated rings. The molecule has 0 unspecified atom stereocenters. The molecule has 138 valence electrons. The standard InChI is InChI=1S/C16H17NO4.2C2H6/c1-4-11(16(19)20-3)9-13-10(2)21-17-15(13)12-7-5-6-8-14(12)18;2*1-2/h5-9,18H,4H2,1-3H3;2*1-2H3/b11-9+;;. The second-order valence-electron chi connectivity index (χ2n) is 4.53. The summed E-state index contributed by atoms with van der Waals surface area (Å²) >= 11 is 0. The first-order chi connectivity index (χ1) is 12.1. The van der Waals surface area contributed by atoms with Crippen LogP contribution in [-0.4, -0.2) is 23.3 Å². The molecular weight excluding hydrogens is 318 g/mol. The number of benzene rings is 1. The number of aromatic nitrogens is 1. The van der Waals surface area contributed by atoms with E-state index in [4.69, 9.17) is 9.26 Å². The van der Waals surface area contributed by atoms with E-state index >= 15 is 0 Å². The number of phenolic OH excluding ortho intramolecular Hbond substituents is 1. The lowest BCUT2D eigenvalue weighted by Crippen LogP contribution is -2.03. The predicted octanol–water partition coefficient (Wildman–Crippen LogP) is 5.37. The summed E-state index contributed by atoms with van der Waals surface area (Å²) in [6.07, 6.45) is 2.22. The molecule has 0 aliphatic heterocycles. The number of hydrogen-bond donors (Lipinski definition) is 1. The van der Waals surface area contributed by atoms with Gasteiger partial charge in [0, 0.05) is 16.7 Å². The van der Waals surface area contributed by atoms with Crippen LogP contribution in [0.5, 0.6) is 5.75 Å². The molecule has 0 bridgehead atoms. The minimum atomic E-state index is -0.388. The van der Waals surface area contributed by atoms with Gasteiger partial charge in [-0.25, -0.2) is 4.79 Å². The highest BCUT2D eigenvalue weighted by Crippen LogP contribution is 2.33. The summed E-state index contributed by atoms with van der Waals surface area (Å²) in [5, 5.41) is 13.9. The van der Waals surface area contributed by atoms with Gasteiger partial charge in [-0.05, 0) is 31.6 Å². The van der Waals surface area contributed by atoms with Gasteiger partial charge in [0.2, 0.25) is 0 Å². The highest BCUT2D eigenvalue weighted by Gasteiger charge is 2.18. The Balaban J connectivity index is 0.00000134. The van der Waals surface area contributed by atoms with E-state index in [-0.39, 0.29) is 11.7 Å². The molecule has 5 nitrogen and oxygen atoms in total. The Morgan fingerprint density at radius 2 is 1.84 bits per heavy atom. The van der Waals surface area contributed by atoms with Crippen molar-refractivity contribution in [2.75, 3.05) is 7.11 Å². The van der Waals surface area contributed by atoms with E-state index in [9.17, 15) is 9.90 Å². The van der Waals surface area contributed by atoms with E-state index in [0.717, 1.165) is 0 Å². The summed E-state index contributed by atoms with van der Waals surface area (Å²) in [6.45, 7) is 11.6. The summed E-state index contributed by atoms with van der Waals surface area (Å²) in [4.78, 5) is 11.7. The molecule has 2 aromatic rings. The molecular formula is C20H29NO4. The zero-order chi connectivity index (χ0) is 19.4. The SMILES string of the molecule is CC.CC.CC/C(=C\c1c(-c2ccccc2O)noc1C)C(=O)OC. The number of para-hydroxylation sites is 1. The van der Waals surface area contributed by atoms with Crippen molar-refractivity contribution in [2.24, 2.45) is 0 Å². The van der Waals surface area contributed by atoms with E-state index in [1.165, 1.54) is 7.11 Å². The number of aromatic hydroxyl groups is 1. The summed E-state index contributed by atoms with van der Waals surface area (Å²) in [7, 11) is 1.34. The Morgan fingerprint density at radius 3 is 2.36 bits per heavy atom. The fourth-order valence-electron chi connectivity index (χ4n) is 2.03. The first kappa shape index (κ1) is 22.4. The van der Waals surface area contributed by atoms with E-state index < -0.39 is 0 Å². The number of nitrogens with zero attached hydrogens (tertiary/aromatic N) is 1. The Labute approximate surface area is 150 Å². The molecule has 0 aliphatic rings. The predicted molar refractivity (Wildman–Crippen MR) is 101 cm³/mol. The van der Waals surface area contributed by atoms with Gasteiger partial charge in [0.25, 0.3) is 0 Å². The van der Waals surface area contributed by atoms with Crippen LogP contribution >= 0.6 is 0 Å². The van der Waals surface area contributed by atoms with E-state index in [1.807, 2.05) is 34.6 Å². The van der Waals surface area contributed by atoms with Crippen molar-refractivity contribution in [3.63, 3.8) is 0 Å². The van der Waals surface area contributed by atoms with Gasteiger partial charge < -0.3 is 14.4 Å². The summed E-state index contributed by atoms with van der Waals surface area (Å²) in [5.41, 5.74) is 2.24. The Morgan fingerprint density at radius 1 is 1.24 bits per heavy atom. The first-order valence-corrected chi connectivity index (χ1v) is 8.62. The maximum absolute atomic E-state index is 11.7. The molecule has 0 radical (unpaired) electrons. The van der Waals surface area contributed by atoms with Crippen molar-refractivity contribution >= 4 is 12.0 Å². The van der Waals surface area contributed by atoms with E-state index in [2.05, 4.69) is 5.16 Å². The second kappa shape index (κ2) is 11.9. The fourth-order valence-corrected chi connectivity index (χ4v) is 2.03. The van der Waals surface area contributed by atoms with Gasteiger partial charge >= 0.3 is 5.97 Å². The third-order valence-electron chi connectivity index (χ3n) is 3.21. The second-order valence-corrected chi connectivity index (χ2v) is 4.53. The highest BCUT2D eigenvalue weighted by atomic mass is 16.5. The molecule has 1 N–H and O–H groups in total. The summed E-state index contributed by atoms with van der Waals surface area (Å²) < 4.78 is 9.96. The van der Waals surface area contributed by atoms with Crippen LogP contribution in [0.4, 0.5) is 0 Å². The summed E-state index contributed by atoms with van der Waals surface area (Å²) in [5.74, 6) is 0.293. The molecule has 0 aliphatic carbocycles. The fraction of sp³-hybridized carbons (Fsp3) is 0.400. The van der Waals surface area contributed by atoms with Crippen molar-refractivity contribution in [1.82, 2.24) is 5.16 Å². The van der Waals surface area contributed by atoms with E-state index in [0.29, 0.717) is 34.6 Å². The van der Waals surface area contributed by atoms with Crippen LogP contribution in [0.1, 0.15) is 52.4 Å². The van der Waals surface area contributed by atoms with Crippen LogP contribution in [0.2, 0.25) is 0 Å². The van der Waals surface area contributed by atoms with Gasteiger partial charge in [0.1, 0.15) is 17.2 Å². The Bertz CT molecular complexity index is 687. The molecule has 1 heterocycles. The number of hydrogen-bond acceptors (Lipinski definition) is 5. The Kier molecular flexibility index (Phi) is 10.7. The minimum Gasteiger partial charge on any atom is -0.507 e. The van der Waals surface area contributed by atoms with Crippen LogP contribution in [0.3, 0.4) is 0 Å². The number of carbonyl (C=O) groups is 1. The number of aryl methyl sites for hydroxylation is 1. The van der Waals surface area contributed by atoms with Crippen LogP contribution in [0, 0.1) is 6.92 Å². The van der Waals surface area contributed by atoms with Gasteiger partial charge in [-0.2, -0.15) is 0 Å². The monoisotopic (exact) mass is 347 g/mol. The van der Waals surface area contributed by atoms with Crippen molar-refractivity contribution in [3.05, 3.63) is 41.2 Å². The topological polar surface area (TPSA) is 72.6 Å². The lowest BCUT2D eigenvalue weighted by molar-refractivity contribution is -0.136. The molecule has 0 spiro atoms. The van der Waals surface area contributed by atoms with Gasteiger partial charge in [-0.1, -0.05) is 51.9 Å². The van der Waals surface area contributed by atoms with Crippen LogP contribution in [0.15, 0.2) is 34.4 Å². The third kappa shape index (κ3) is 5.78. The lowest BCUT2D eigenvalue weighted by Gasteiger charge is -2.04. The number of phenols is 1. The molecule has 2 rings (SSSR count). The van der Waals surface area contributed by atoms with E-state index in [1.54, 1.807) is 37.3 Å². The molecule has 1 aromatic heterocycles. The smallest absolute Gasteiger partial charge is 0.333 e. The molecule has 5 heteroatoms. The number of ether oxygens (including phenoxy) is 1. The third-order valence-corrected chi connectivity index (χ3v) is 3.21. The van der Waals surface area contributed by atoms with Crippen LogP contribution in [-0.2, 0) is 9.53 Å². The Hall–Kier alpha value is -2.56. The lowest BCUT2D eigenvalue weighted by atomic mass is 10.0. The van der Waals surface area contributed by atoms with Crippen molar-refractivity contribution in [2.45, 2.75) is 48.0 Å². The average Bonchev–Trinajstić information content (AvgIpc) is 3.03. The maximum Gasteiger partial charge on any atom is 0.333 e. The summed E-state index contributed by atoms with van der Waals surface area (Å²) in [6, 6.07) is 6.85. The van der Waals surface area contributed by atoms with Crippen LogP contribution < -0.4 is 0 Å². The van der Waals surface area contributed by atoms with Gasteiger partial charge in [-0.3, -0.25) is 0 Å². The first-order valence-electron chi connectivity index (χ1n) is 8.62. The highest BCUT2D eigenvalue weighted by molar-refractivity contribution is 5.95. The van der Waals surface area contributed by atoms with Crippen molar-refractivity contribution < 1.29 is 19.2 Å². The molecule has 0 atom stereocenters. The van der Waals surface area contributed by atoms with Crippen LogP contribution in [0.25, 0.3) is 17.3 Å². The molecule has 1 aromatic carbocycles. The maximum atomic E-state index is 11.7. The number of carbonyl (C=O) groups excluding carboxylic acids is 1. The molecule has 0 saturated heterocycles. The van der Waals surface area contributed by atoms with Gasteiger partial charge in [0.05, 0.1) is 7.11 Å². The number of methoxy groups -OCH3 is 1. The average molecular weight is 347 g/mol. The van der Waals surface area contributed by atoms with Crippen molar-refractivity contribution in [1.29, 1.82) is 0 Å². The zero-order valence-corrected chi connectivity index (χ0v) is 16.2. The van der Waals surface area contributed by atoms with Gasteiger partial charge in [0.15, 0.2) is 0 Å². The number of rotatable bonds is 4. The molecule has 25 heavy (non-hydrogen) atoms. The molecule has 0 amide bonds. The minimum absolute atomic E-state index is 0.108. The quantitative estimate of drug-likeness (QED) is 0.594. The zero-order valence-electron chi connectivity index (χ0n) is 16.2. The largest absolute Gasteiger partial charge is 0.507 e. The van der Waals surface area contributed by atoms with Crippen molar-refractivity contribution in [3.8, 4) is 17.0 Å². The number of esters is 1.